The summed E-state index contributed by atoms with van der Waals surface area (Å²) in [4.78, 5) is 40.5. The lowest BCUT2D eigenvalue weighted by atomic mass is 9.63. The van der Waals surface area contributed by atoms with Crippen LogP contribution in [0.5, 0.6) is 0 Å². The summed E-state index contributed by atoms with van der Waals surface area (Å²) in [7, 11) is 0. The standard InChI is InChI=1S/C22H23BrN2O3/c1-9-10(2)17(7-6-16(9)23)24-20(26)11(3)25-21(27)18-12-4-5-13(15-8-14(12)15)19(18)22(25)28/h4-7,11-15,18-19H,8H2,1-3H3,(H,24,26)/t11-,12-,13-,14-,15+,18+,19+/m0/s1. The monoisotopic (exact) mass is 442 g/mol. The molecule has 3 amide bonds. The molecule has 1 saturated heterocycles. The number of hydrogen-bond donors (Lipinski definition) is 1. The fraction of sp³-hybridized carbons (Fsp3) is 0.500. The van der Waals surface area contributed by atoms with Gasteiger partial charge in [-0.2, -0.15) is 0 Å². The predicted molar refractivity (Wildman–Crippen MR) is 108 cm³/mol. The highest BCUT2D eigenvalue weighted by Crippen LogP contribution is 2.65. The molecule has 3 fully saturated rings. The van der Waals surface area contributed by atoms with E-state index in [4.69, 9.17) is 0 Å². The van der Waals surface area contributed by atoms with Gasteiger partial charge in [-0.15, -0.1) is 0 Å². The number of hydrogen-bond acceptors (Lipinski definition) is 3. The Bertz CT molecular complexity index is 919. The maximum absolute atomic E-state index is 13.2. The number of carbonyl (C=O) groups excluding carboxylic acids is 3. The van der Waals surface area contributed by atoms with Crippen LogP contribution in [0, 0.1) is 49.4 Å². The minimum absolute atomic E-state index is 0.161. The number of amides is 3. The van der Waals surface area contributed by atoms with E-state index in [1.54, 1.807) is 6.92 Å². The highest BCUT2D eigenvalue weighted by molar-refractivity contribution is 9.10. The average Bonchev–Trinajstić information content (AvgIpc) is 3.45. The van der Waals surface area contributed by atoms with Gasteiger partial charge in [0.05, 0.1) is 11.8 Å². The Labute approximate surface area is 172 Å². The minimum atomic E-state index is -0.815. The van der Waals surface area contributed by atoms with Crippen LogP contribution in [0.2, 0.25) is 0 Å². The van der Waals surface area contributed by atoms with Gasteiger partial charge in [0.15, 0.2) is 0 Å². The molecule has 1 heterocycles. The van der Waals surface area contributed by atoms with Crippen LogP contribution in [0.25, 0.3) is 0 Å². The smallest absolute Gasteiger partial charge is 0.247 e. The van der Waals surface area contributed by atoms with Gasteiger partial charge < -0.3 is 5.32 Å². The molecule has 1 N–H and O–H groups in total. The fourth-order valence-electron chi connectivity index (χ4n) is 5.64. The first-order valence-corrected chi connectivity index (χ1v) is 10.7. The lowest BCUT2D eigenvalue weighted by molar-refractivity contribution is -0.146. The molecule has 4 aliphatic carbocycles. The average molecular weight is 443 g/mol. The largest absolute Gasteiger partial charge is 0.324 e. The van der Waals surface area contributed by atoms with Crippen molar-refractivity contribution in [1.29, 1.82) is 0 Å². The van der Waals surface area contributed by atoms with E-state index in [-0.39, 0.29) is 41.4 Å². The molecule has 5 nitrogen and oxygen atoms in total. The molecule has 2 bridgehead atoms. The van der Waals surface area contributed by atoms with E-state index < -0.39 is 6.04 Å². The summed E-state index contributed by atoms with van der Waals surface area (Å²) < 4.78 is 0.978. The van der Waals surface area contributed by atoms with Crippen LogP contribution in [0.15, 0.2) is 28.8 Å². The third kappa shape index (κ3) is 2.33. The van der Waals surface area contributed by atoms with Gasteiger partial charge >= 0.3 is 0 Å². The number of allylic oxidation sites excluding steroid dienone is 2. The lowest BCUT2D eigenvalue weighted by Crippen LogP contribution is -2.46. The Hall–Kier alpha value is -1.95. The topological polar surface area (TPSA) is 66.5 Å². The SMILES string of the molecule is Cc1c(Br)ccc(NC(=O)[C@H](C)N2C(=O)[C@@H]3[C@H]4C=C[C@@H]([C@@H]5C[C@H]45)[C@H]3C2=O)c1C. The molecule has 6 rings (SSSR count). The van der Waals surface area contributed by atoms with Crippen molar-refractivity contribution in [2.75, 3.05) is 5.32 Å². The Morgan fingerprint density at radius 2 is 1.64 bits per heavy atom. The van der Waals surface area contributed by atoms with Gasteiger partial charge in [-0.05, 0) is 74.1 Å². The first-order chi connectivity index (χ1) is 13.3. The van der Waals surface area contributed by atoms with E-state index in [1.807, 2.05) is 26.0 Å². The molecule has 1 aliphatic heterocycles. The van der Waals surface area contributed by atoms with Crippen molar-refractivity contribution >= 4 is 39.3 Å². The van der Waals surface area contributed by atoms with Crippen molar-refractivity contribution in [3.05, 3.63) is 39.9 Å². The van der Waals surface area contributed by atoms with Crippen LogP contribution in [-0.4, -0.2) is 28.7 Å². The van der Waals surface area contributed by atoms with Crippen molar-refractivity contribution in [3.63, 3.8) is 0 Å². The van der Waals surface area contributed by atoms with E-state index in [0.717, 1.165) is 22.0 Å². The van der Waals surface area contributed by atoms with Gasteiger partial charge in [0.2, 0.25) is 17.7 Å². The second kappa shape index (κ2) is 6.02. The third-order valence-corrected chi connectivity index (χ3v) is 8.30. The Morgan fingerprint density at radius 1 is 1.07 bits per heavy atom. The van der Waals surface area contributed by atoms with E-state index in [9.17, 15) is 14.4 Å². The summed E-state index contributed by atoms with van der Waals surface area (Å²) in [5.41, 5.74) is 2.72. The molecule has 0 radical (unpaired) electrons. The zero-order valence-corrected chi connectivity index (χ0v) is 17.7. The molecular weight excluding hydrogens is 420 g/mol. The molecule has 146 valence electrons. The number of nitrogens with zero attached hydrogens (tertiary/aromatic N) is 1. The van der Waals surface area contributed by atoms with Crippen molar-refractivity contribution in [3.8, 4) is 0 Å². The van der Waals surface area contributed by atoms with Crippen molar-refractivity contribution in [2.24, 2.45) is 35.5 Å². The second-order valence-corrected chi connectivity index (χ2v) is 9.57. The summed E-state index contributed by atoms with van der Waals surface area (Å²) in [6, 6.07) is 2.91. The van der Waals surface area contributed by atoms with E-state index in [0.29, 0.717) is 17.5 Å². The minimum Gasteiger partial charge on any atom is -0.324 e. The van der Waals surface area contributed by atoms with Gasteiger partial charge in [-0.1, -0.05) is 28.1 Å². The molecule has 28 heavy (non-hydrogen) atoms. The highest BCUT2D eigenvalue weighted by Gasteiger charge is 2.67. The Balaban J connectivity index is 1.38. The van der Waals surface area contributed by atoms with Gasteiger partial charge in [-0.3, -0.25) is 19.3 Å². The fourth-order valence-corrected chi connectivity index (χ4v) is 6.07. The summed E-state index contributed by atoms with van der Waals surface area (Å²) in [6.45, 7) is 5.57. The van der Waals surface area contributed by atoms with Crippen LogP contribution in [0.1, 0.15) is 24.5 Å². The lowest BCUT2D eigenvalue weighted by Gasteiger charge is -2.37. The van der Waals surface area contributed by atoms with E-state index in [1.165, 1.54) is 4.90 Å². The maximum Gasteiger partial charge on any atom is 0.247 e. The maximum atomic E-state index is 13.2. The molecule has 1 aromatic rings. The number of carbonyl (C=O) groups is 3. The number of nitrogens with one attached hydrogen (secondary N) is 1. The molecule has 1 aromatic carbocycles. The molecule has 0 aromatic heterocycles. The molecule has 0 spiro atoms. The normalized spacial score (nSPS) is 35.6. The Morgan fingerprint density at radius 3 is 2.21 bits per heavy atom. The molecular formula is C22H23BrN2O3. The van der Waals surface area contributed by atoms with Gasteiger partial charge in [0.25, 0.3) is 0 Å². The Kier molecular flexibility index (Phi) is 3.89. The van der Waals surface area contributed by atoms with Gasteiger partial charge in [-0.25, -0.2) is 0 Å². The molecule has 6 heteroatoms. The first-order valence-electron chi connectivity index (χ1n) is 9.93. The van der Waals surface area contributed by atoms with Crippen molar-refractivity contribution in [2.45, 2.75) is 33.2 Å². The summed E-state index contributed by atoms with van der Waals surface area (Å²) >= 11 is 3.49. The summed E-state index contributed by atoms with van der Waals surface area (Å²) in [5.74, 6) is 0.293. The highest BCUT2D eigenvalue weighted by atomic mass is 79.9. The van der Waals surface area contributed by atoms with Crippen LogP contribution >= 0.6 is 15.9 Å². The van der Waals surface area contributed by atoms with E-state index >= 15 is 0 Å². The number of benzene rings is 1. The van der Waals surface area contributed by atoms with Crippen LogP contribution in [-0.2, 0) is 14.4 Å². The zero-order valence-electron chi connectivity index (χ0n) is 16.1. The number of rotatable bonds is 3. The number of likely N-dealkylation sites (tertiary alicyclic amines) is 1. The van der Waals surface area contributed by atoms with Crippen molar-refractivity contribution in [1.82, 2.24) is 4.90 Å². The molecule has 5 aliphatic rings. The number of imide groups is 1. The second-order valence-electron chi connectivity index (χ2n) is 8.71. The molecule has 2 saturated carbocycles. The third-order valence-electron chi connectivity index (χ3n) is 7.44. The molecule has 7 atom stereocenters. The quantitative estimate of drug-likeness (QED) is 0.575. The predicted octanol–water partition coefficient (Wildman–Crippen LogP) is 3.45. The van der Waals surface area contributed by atoms with Crippen LogP contribution in [0.4, 0.5) is 5.69 Å². The molecule has 0 unspecified atom stereocenters. The van der Waals surface area contributed by atoms with Crippen LogP contribution in [0.3, 0.4) is 0 Å². The van der Waals surface area contributed by atoms with Gasteiger partial charge in [0.1, 0.15) is 6.04 Å². The first kappa shape index (κ1) is 18.1. The van der Waals surface area contributed by atoms with Crippen molar-refractivity contribution < 1.29 is 14.4 Å². The summed E-state index contributed by atoms with van der Waals surface area (Å²) in [6.07, 6.45) is 5.43. The number of halogens is 1. The van der Waals surface area contributed by atoms with Gasteiger partial charge in [0, 0.05) is 10.2 Å². The number of anilines is 1. The summed E-state index contributed by atoms with van der Waals surface area (Å²) in [5, 5.41) is 2.91. The zero-order chi connectivity index (χ0) is 19.9. The van der Waals surface area contributed by atoms with E-state index in [2.05, 4.69) is 33.4 Å². The van der Waals surface area contributed by atoms with Crippen LogP contribution < -0.4 is 5.32 Å².